The zero-order valence-corrected chi connectivity index (χ0v) is 20.8. The molecule has 3 aromatic heterocycles. The van der Waals surface area contributed by atoms with Crippen LogP contribution in [0.25, 0.3) is 17.2 Å². The Morgan fingerprint density at radius 2 is 1.92 bits per heavy atom. The highest BCUT2D eigenvalue weighted by atomic mass is 16.1. The first-order chi connectivity index (χ1) is 17.6. The van der Waals surface area contributed by atoms with Gasteiger partial charge in [0.25, 0.3) is 0 Å². The summed E-state index contributed by atoms with van der Waals surface area (Å²) in [6, 6.07) is 12.2. The number of rotatable bonds is 10. The highest BCUT2D eigenvalue weighted by molar-refractivity contribution is 5.57. The third-order valence-electron chi connectivity index (χ3n) is 6.76. The molecule has 0 saturated carbocycles. The fourth-order valence-electron chi connectivity index (χ4n) is 4.86. The van der Waals surface area contributed by atoms with Crippen molar-refractivity contribution in [3.8, 4) is 17.2 Å². The minimum absolute atomic E-state index is 0.0209. The van der Waals surface area contributed by atoms with Crippen molar-refractivity contribution >= 4 is 0 Å². The minimum Gasteiger partial charge on any atom is -0.368 e. The summed E-state index contributed by atoms with van der Waals surface area (Å²) in [5.74, 6) is 1.51. The van der Waals surface area contributed by atoms with E-state index in [2.05, 4.69) is 68.6 Å². The average Bonchev–Trinajstić information content (AvgIpc) is 3.66. The van der Waals surface area contributed by atoms with Gasteiger partial charge in [0.15, 0.2) is 5.82 Å². The molecule has 0 atom stereocenters. The number of aryl methyl sites for hydroxylation is 2. The standard InChI is InChI=1S/C27H32N8O/c1-3-5-10-23-19-34(24-11-7-17-33(24)16-4-2)26(36)35(23)20-27(12-14-28-15-13-27)22-9-6-8-21(18-22)25-29-31-32-30-25/h6-9,11-15,17-19,28H,3-5,10,16,20H2,1-2H3,(H,29,30,31,32). The van der Waals surface area contributed by atoms with Crippen LogP contribution in [0.15, 0.2) is 78.1 Å². The van der Waals surface area contributed by atoms with Crippen molar-refractivity contribution in [1.29, 1.82) is 0 Å². The molecule has 186 valence electrons. The number of aromatic nitrogens is 7. The second kappa shape index (κ2) is 10.2. The van der Waals surface area contributed by atoms with Crippen molar-refractivity contribution in [2.24, 2.45) is 0 Å². The number of benzene rings is 1. The van der Waals surface area contributed by atoms with Crippen LogP contribution in [0.3, 0.4) is 0 Å². The first kappa shape index (κ1) is 23.6. The Bertz CT molecular complexity index is 1410. The minimum atomic E-state index is -0.517. The third-order valence-corrected chi connectivity index (χ3v) is 6.76. The molecule has 1 aliphatic rings. The van der Waals surface area contributed by atoms with Crippen LogP contribution < -0.4 is 11.0 Å². The molecule has 9 heteroatoms. The largest absolute Gasteiger partial charge is 0.368 e. The molecule has 1 aromatic carbocycles. The van der Waals surface area contributed by atoms with Crippen molar-refractivity contribution in [3.05, 3.63) is 95.1 Å². The molecular formula is C27H32N8O. The van der Waals surface area contributed by atoms with E-state index in [1.807, 2.05) is 53.6 Å². The van der Waals surface area contributed by atoms with Gasteiger partial charge in [0.1, 0.15) is 5.82 Å². The van der Waals surface area contributed by atoms with Gasteiger partial charge in [-0.2, -0.15) is 0 Å². The highest BCUT2D eigenvalue weighted by Crippen LogP contribution is 2.33. The van der Waals surface area contributed by atoms with Crippen LogP contribution in [0.1, 0.15) is 44.4 Å². The van der Waals surface area contributed by atoms with Gasteiger partial charge in [-0.3, -0.25) is 9.13 Å². The second-order valence-electron chi connectivity index (χ2n) is 9.23. The first-order valence-electron chi connectivity index (χ1n) is 12.6. The number of allylic oxidation sites excluding steroid dienone is 2. The van der Waals surface area contributed by atoms with Gasteiger partial charge in [0, 0.05) is 36.7 Å². The molecule has 0 unspecified atom stereocenters. The molecule has 4 aromatic rings. The Kier molecular flexibility index (Phi) is 6.71. The lowest BCUT2D eigenvalue weighted by atomic mass is 9.78. The van der Waals surface area contributed by atoms with Crippen molar-refractivity contribution in [2.45, 2.75) is 58.0 Å². The average molecular weight is 485 g/mol. The van der Waals surface area contributed by atoms with E-state index in [1.165, 1.54) is 0 Å². The molecule has 36 heavy (non-hydrogen) atoms. The summed E-state index contributed by atoms with van der Waals surface area (Å²) in [6.07, 6.45) is 16.1. The van der Waals surface area contributed by atoms with E-state index in [0.29, 0.717) is 12.4 Å². The van der Waals surface area contributed by atoms with Crippen LogP contribution in [-0.4, -0.2) is 34.3 Å². The summed E-state index contributed by atoms with van der Waals surface area (Å²) in [5.41, 5.74) is 2.46. The molecule has 0 radical (unpaired) electrons. The summed E-state index contributed by atoms with van der Waals surface area (Å²) < 4.78 is 5.89. The van der Waals surface area contributed by atoms with E-state index in [4.69, 9.17) is 0 Å². The number of tetrazole rings is 1. The molecule has 0 bridgehead atoms. The lowest BCUT2D eigenvalue weighted by molar-refractivity contribution is 0.495. The number of nitrogens with one attached hydrogen (secondary N) is 2. The van der Waals surface area contributed by atoms with Crippen molar-refractivity contribution < 1.29 is 0 Å². The van der Waals surface area contributed by atoms with Gasteiger partial charge in [0.2, 0.25) is 0 Å². The Balaban J connectivity index is 1.60. The Labute approximate surface area is 210 Å². The van der Waals surface area contributed by atoms with Crippen molar-refractivity contribution in [1.82, 2.24) is 39.6 Å². The molecule has 0 amide bonds. The first-order valence-corrected chi connectivity index (χ1v) is 12.6. The zero-order valence-electron chi connectivity index (χ0n) is 20.8. The smallest absolute Gasteiger partial charge is 0.334 e. The van der Waals surface area contributed by atoms with Gasteiger partial charge >= 0.3 is 5.69 Å². The predicted octanol–water partition coefficient (Wildman–Crippen LogP) is 3.94. The topological polar surface area (TPSA) is 98.3 Å². The fourth-order valence-corrected chi connectivity index (χ4v) is 4.86. The highest BCUT2D eigenvalue weighted by Gasteiger charge is 2.31. The SMILES string of the molecule is CCCCc1cn(-c2cccn2CCC)c(=O)n1CC1(c2cccc(-c3nnn[nH]3)c2)C=CNC=C1. The van der Waals surface area contributed by atoms with Gasteiger partial charge in [-0.25, -0.2) is 9.89 Å². The monoisotopic (exact) mass is 484 g/mol. The number of nitrogens with zero attached hydrogens (tertiary/aromatic N) is 6. The van der Waals surface area contributed by atoms with Crippen LogP contribution in [0.4, 0.5) is 0 Å². The van der Waals surface area contributed by atoms with Crippen LogP contribution in [0, 0.1) is 0 Å². The number of unbranched alkanes of at least 4 members (excludes halogenated alkanes) is 1. The molecule has 9 nitrogen and oxygen atoms in total. The number of aromatic amines is 1. The lowest BCUT2D eigenvalue weighted by Crippen LogP contribution is -2.36. The van der Waals surface area contributed by atoms with Gasteiger partial charge < -0.3 is 9.88 Å². The summed E-state index contributed by atoms with van der Waals surface area (Å²) in [6.45, 7) is 5.68. The van der Waals surface area contributed by atoms with E-state index in [-0.39, 0.29) is 5.69 Å². The van der Waals surface area contributed by atoms with Gasteiger partial charge in [-0.1, -0.05) is 50.6 Å². The molecule has 4 heterocycles. The molecule has 0 saturated heterocycles. The molecule has 0 spiro atoms. The quantitative estimate of drug-likeness (QED) is 0.355. The van der Waals surface area contributed by atoms with E-state index in [0.717, 1.165) is 54.9 Å². The van der Waals surface area contributed by atoms with E-state index >= 15 is 0 Å². The maximum atomic E-state index is 13.9. The normalized spacial score (nSPS) is 14.3. The summed E-state index contributed by atoms with van der Waals surface area (Å²) in [7, 11) is 0. The number of hydrogen-bond donors (Lipinski definition) is 2. The fraction of sp³-hybridized carbons (Fsp3) is 0.333. The molecule has 0 aliphatic carbocycles. The van der Waals surface area contributed by atoms with Crippen LogP contribution in [-0.2, 0) is 24.9 Å². The number of dihydropyridines is 1. The molecule has 0 fully saturated rings. The Hall–Kier alpha value is -4.14. The van der Waals surface area contributed by atoms with Crippen molar-refractivity contribution in [2.75, 3.05) is 0 Å². The Morgan fingerprint density at radius 3 is 2.67 bits per heavy atom. The van der Waals surface area contributed by atoms with Gasteiger partial charge in [0.05, 0.1) is 5.41 Å². The summed E-state index contributed by atoms with van der Waals surface area (Å²) in [5, 5.41) is 17.5. The third kappa shape index (κ3) is 4.44. The Morgan fingerprint density at radius 1 is 1.06 bits per heavy atom. The summed E-state index contributed by atoms with van der Waals surface area (Å²) in [4.78, 5) is 13.9. The molecule has 1 aliphatic heterocycles. The molecular weight excluding hydrogens is 452 g/mol. The van der Waals surface area contributed by atoms with Gasteiger partial charge in [-0.05, 0) is 65.9 Å². The molecule has 2 N–H and O–H groups in total. The molecule has 5 rings (SSSR count). The van der Waals surface area contributed by atoms with Crippen LogP contribution in [0.5, 0.6) is 0 Å². The zero-order chi connectivity index (χ0) is 25.0. The summed E-state index contributed by atoms with van der Waals surface area (Å²) >= 11 is 0. The van der Waals surface area contributed by atoms with E-state index < -0.39 is 5.41 Å². The van der Waals surface area contributed by atoms with E-state index in [1.54, 1.807) is 4.57 Å². The number of H-pyrrole nitrogens is 1. The predicted molar refractivity (Wildman–Crippen MR) is 140 cm³/mol. The maximum absolute atomic E-state index is 13.9. The number of imidazole rings is 1. The second-order valence-corrected chi connectivity index (χ2v) is 9.23. The van der Waals surface area contributed by atoms with Crippen LogP contribution >= 0.6 is 0 Å². The lowest BCUT2D eigenvalue weighted by Gasteiger charge is -2.31. The maximum Gasteiger partial charge on any atom is 0.334 e. The van der Waals surface area contributed by atoms with Crippen molar-refractivity contribution in [3.63, 3.8) is 0 Å². The van der Waals surface area contributed by atoms with Gasteiger partial charge in [-0.15, -0.1) is 5.10 Å². The van der Waals surface area contributed by atoms with E-state index in [9.17, 15) is 4.79 Å². The number of hydrogen-bond acceptors (Lipinski definition) is 5. The van der Waals surface area contributed by atoms with Crippen LogP contribution in [0.2, 0.25) is 0 Å².